The van der Waals surface area contributed by atoms with Crippen LogP contribution in [0.4, 0.5) is 0 Å². The molecule has 0 radical (unpaired) electrons. The Labute approximate surface area is 146 Å². The van der Waals surface area contributed by atoms with E-state index in [9.17, 15) is 0 Å². The second kappa shape index (κ2) is 6.45. The average molecular weight is 399 g/mol. The molecule has 0 bridgehead atoms. The summed E-state index contributed by atoms with van der Waals surface area (Å²) in [6.45, 7) is 0.864. The first-order valence-corrected chi connectivity index (χ1v) is 8.08. The zero-order valence-electron chi connectivity index (χ0n) is 10.0. The van der Waals surface area contributed by atoms with Gasteiger partial charge in [-0.25, -0.2) is 15.0 Å². The maximum atomic E-state index is 5.82. The molecule has 20 heavy (non-hydrogen) atoms. The van der Waals surface area contributed by atoms with Crippen LogP contribution in [0.5, 0.6) is 0 Å². The van der Waals surface area contributed by atoms with Crippen LogP contribution >= 0.6 is 69.6 Å². The molecule has 0 amide bonds. The zero-order chi connectivity index (χ0) is 15.0. The van der Waals surface area contributed by atoms with E-state index in [4.69, 9.17) is 69.6 Å². The summed E-state index contributed by atoms with van der Waals surface area (Å²) in [7, 11) is 0. The number of nitrogens with one attached hydrogen (secondary N) is 1. The van der Waals surface area contributed by atoms with E-state index in [1.54, 1.807) is 0 Å². The molecular weight excluding hydrogens is 389 g/mol. The van der Waals surface area contributed by atoms with Gasteiger partial charge in [-0.05, 0) is 19.4 Å². The number of hydrogen-bond acceptors (Lipinski definition) is 4. The smallest absolute Gasteiger partial charge is 0.250 e. The topological polar surface area (TPSA) is 50.7 Å². The number of hydrogen-bond donors (Lipinski definition) is 1. The molecular formula is C10H10Cl6N4. The van der Waals surface area contributed by atoms with Gasteiger partial charge in [-0.1, -0.05) is 76.0 Å². The summed E-state index contributed by atoms with van der Waals surface area (Å²) in [5.74, 6) is 0.310. The summed E-state index contributed by atoms with van der Waals surface area (Å²) < 4.78 is -3.62. The van der Waals surface area contributed by atoms with Crippen molar-refractivity contribution in [2.45, 2.75) is 32.9 Å². The number of alkyl halides is 6. The Morgan fingerprint density at radius 1 is 0.850 bits per heavy atom. The van der Waals surface area contributed by atoms with Crippen molar-refractivity contribution in [3.8, 4) is 0 Å². The van der Waals surface area contributed by atoms with E-state index >= 15 is 0 Å². The maximum Gasteiger partial charge on any atom is 0.250 e. The summed E-state index contributed by atoms with van der Waals surface area (Å²) in [5.41, 5.74) is 0. The lowest BCUT2D eigenvalue weighted by atomic mass is 10.0. The highest BCUT2D eigenvalue weighted by molar-refractivity contribution is 6.67. The van der Waals surface area contributed by atoms with Crippen LogP contribution in [0.15, 0.2) is 0 Å². The highest BCUT2D eigenvalue weighted by Gasteiger charge is 2.35. The second-order valence-corrected chi connectivity index (χ2v) is 8.90. The van der Waals surface area contributed by atoms with Crippen molar-refractivity contribution in [3.63, 3.8) is 0 Å². The van der Waals surface area contributed by atoms with Crippen LogP contribution in [0, 0.1) is 0 Å². The third kappa shape index (κ3) is 4.35. The Hall–Kier alpha value is 0.710. The van der Waals surface area contributed by atoms with Crippen molar-refractivity contribution in [1.82, 2.24) is 20.3 Å². The van der Waals surface area contributed by atoms with E-state index in [0.717, 1.165) is 25.8 Å². The number of rotatable bonds is 1. The molecule has 1 aromatic rings. The molecule has 0 saturated carbocycles. The molecule has 10 heteroatoms. The SMILES string of the molecule is ClC(Cl)(Cl)c1nc(C2CCCCN2)nc(C(Cl)(Cl)Cl)n1. The summed E-state index contributed by atoms with van der Waals surface area (Å²) in [6.07, 6.45) is 3.01. The van der Waals surface area contributed by atoms with Gasteiger partial charge in [-0.15, -0.1) is 0 Å². The number of nitrogens with zero attached hydrogens (tertiary/aromatic N) is 3. The average Bonchev–Trinajstić information content (AvgIpc) is 2.37. The van der Waals surface area contributed by atoms with E-state index in [2.05, 4.69) is 20.3 Å². The largest absolute Gasteiger partial charge is 0.307 e. The quantitative estimate of drug-likeness (QED) is 0.715. The summed E-state index contributed by atoms with van der Waals surface area (Å²) >= 11 is 34.9. The molecule has 4 nitrogen and oxygen atoms in total. The molecule has 2 rings (SSSR count). The second-order valence-electron chi connectivity index (χ2n) is 4.34. The van der Waals surface area contributed by atoms with Gasteiger partial charge < -0.3 is 5.32 Å². The molecule has 1 atom stereocenters. The van der Waals surface area contributed by atoms with E-state index in [1.807, 2.05) is 0 Å². The summed E-state index contributed by atoms with van der Waals surface area (Å²) in [6, 6.07) is -0.0658. The monoisotopic (exact) mass is 396 g/mol. The minimum atomic E-state index is -1.81. The first-order chi connectivity index (χ1) is 9.18. The van der Waals surface area contributed by atoms with Crippen LogP contribution in [0.3, 0.4) is 0 Å². The van der Waals surface area contributed by atoms with Crippen LogP contribution in [-0.4, -0.2) is 21.5 Å². The third-order valence-electron chi connectivity index (χ3n) is 2.78. The molecule has 2 heterocycles. The van der Waals surface area contributed by atoms with Gasteiger partial charge in [0.15, 0.2) is 11.6 Å². The molecule has 1 aromatic heterocycles. The van der Waals surface area contributed by atoms with E-state index in [1.165, 1.54) is 0 Å². The lowest BCUT2D eigenvalue weighted by Gasteiger charge is -2.24. The van der Waals surface area contributed by atoms with Crippen LogP contribution < -0.4 is 5.32 Å². The van der Waals surface area contributed by atoms with Crippen molar-refractivity contribution in [3.05, 3.63) is 17.5 Å². The number of aromatic nitrogens is 3. The zero-order valence-corrected chi connectivity index (χ0v) is 14.6. The summed E-state index contributed by atoms with van der Waals surface area (Å²) in [5, 5.41) is 3.28. The fourth-order valence-electron chi connectivity index (χ4n) is 1.87. The van der Waals surface area contributed by atoms with Crippen molar-refractivity contribution >= 4 is 69.6 Å². The van der Waals surface area contributed by atoms with Crippen LogP contribution in [0.1, 0.15) is 42.8 Å². The Morgan fingerprint density at radius 2 is 1.40 bits per heavy atom. The van der Waals surface area contributed by atoms with Gasteiger partial charge in [0.1, 0.15) is 5.82 Å². The van der Waals surface area contributed by atoms with Crippen molar-refractivity contribution < 1.29 is 0 Å². The molecule has 1 N–H and O–H groups in total. The van der Waals surface area contributed by atoms with Gasteiger partial charge in [0.05, 0.1) is 6.04 Å². The predicted molar refractivity (Wildman–Crippen MR) is 82.9 cm³/mol. The van der Waals surface area contributed by atoms with E-state index in [-0.39, 0.29) is 17.7 Å². The van der Waals surface area contributed by atoms with Crippen LogP contribution in [0.25, 0.3) is 0 Å². The number of piperidine rings is 1. The lowest BCUT2D eigenvalue weighted by Crippen LogP contribution is -2.30. The molecule has 112 valence electrons. The maximum absolute atomic E-state index is 5.82. The molecule has 0 aromatic carbocycles. The van der Waals surface area contributed by atoms with Crippen LogP contribution in [0.2, 0.25) is 0 Å². The molecule has 1 aliphatic rings. The number of halogens is 6. The molecule has 1 aliphatic heterocycles. The van der Waals surface area contributed by atoms with Gasteiger partial charge in [0.2, 0.25) is 7.59 Å². The fourth-order valence-corrected chi connectivity index (χ4v) is 2.38. The van der Waals surface area contributed by atoms with Crippen molar-refractivity contribution in [2.24, 2.45) is 0 Å². The minimum absolute atomic E-state index is 0.0544. The van der Waals surface area contributed by atoms with Gasteiger partial charge in [0.25, 0.3) is 0 Å². The minimum Gasteiger partial charge on any atom is -0.307 e. The normalized spacial score (nSPS) is 21.0. The summed E-state index contributed by atoms with van der Waals surface area (Å²) in [4.78, 5) is 12.3. The standard InChI is InChI=1S/C10H10Cl6N4/c11-9(12,13)7-18-6(5-3-1-2-4-17-5)19-8(20-7)10(14,15)16/h5,17H,1-4H2. The molecule has 1 saturated heterocycles. The lowest BCUT2D eigenvalue weighted by molar-refractivity contribution is 0.394. The first kappa shape index (κ1) is 17.1. The fraction of sp³-hybridized carbons (Fsp3) is 0.700. The Balaban J connectivity index is 2.45. The Morgan fingerprint density at radius 3 is 1.80 bits per heavy atom. The van der Waals surface area contributed by atoms with Gasteiger partial charge in [0, 0.05) is 0 Å². The van der Waals surface area contributed by atoms with Gasteiger partial charge >= 0.3 is 0 Å². The van der Waals surface area contributed by atoms with E-state index in [0.29, 0.717) is 5.82 Å². The molecule has 0 spiro atoms. The Kier molecular flexibility index (Phi) is 5.50. The first-order valence-electron chi connectivity index (χ1n) is 5.81. The molecule has 0 aliphatic carbocycles. The van der Waals surface area contributed by atoms with Gasteiger partial charge in [-0.3, -0.25) is 0 Å². The highest BCUT2D eigenvalue weighted by Crippen LogP contribution is 2.40. The molecule has 1 fully saturated rings. The van der Waals surface area contributed by atoms with Crippen molar-refractivity contribution in [2.75, 3.05) is 6.54 Å². The Bertz CT molecular complexity index is 445. The van der Waals surface area contributed by atoms with Crippen molar-refractivity contribution in [1.29, 1.82) is 0 Å². The van der Waals surface area contributed by atoms with Gasteiger partial charge in [-0.2, -0.15) is 0 Å². The third-order valence-corrected chi connectivity index (χ3v) is 3.80. The van der Waals surface area contributed by atoms with E-state index < -0.39 is 7.59 Å². The predicted octanol–water partition coefficient (Wildman–Crippen LogP) is 4.34. The van der Waals surface area contributed by atoms with Crippen LogP contribution in [-0.2, 0) is 7.59 Å². The molecule has 1 unspecified atom stereocenters. The highest BCUT2D eigenvalue weighted by atomic mass is 35.6.